The van der Waals surface area contributed by atoms with Gasteiger partial charge in [0.05, 0.1) is 0 Å². The van der Waals surface area contributed by atoms with Crippen LogP contribution in [0.25, 0.3) is 11.4 Å². The van der Waals surface area contributed by atoms with Gasteiger partial charge in [-0.3, -0.25) is 5.10 Å². The average Bonchev–Trinajstić information content (AvgIpc) is 2.90. The maximum Gasteiger partial charge on any atom is 0.245 e. The Hall–Kier alpha value is -1.40. The predicted octanol–water partition coefficient (Wildman–Crippen LogP) is 2.86. The fourth-order valence-corrected chi connectivity index (χ4v) is 3.45. The van der Waals surface area contributed by atoms with Crippen molar-refractivity contribution in [3.63, 3.8) is 0 Å². The number of nitrogens with two attached hydrogens (primary N) is 1. The van der Waals surface area contributed by atoms with Gasteiger partial charge in [-0.05, 0) is 50.5 Å². The van der Waals surface area contributed by atoms with Crippen molar-refractivity contribution in [2.45, 2.75) is 38.8 Å². The number of aryl methyl sites for hydroxylation is 1. The van der Waals surface area contributed by atoms with Gasteiger partial charge < -0.3 is 10.6 Å². The van der Waals surface area contributed by atoms with Gasteiger partial charge in [0.2, 0.25) is 5.95 Å². The summed E-state index contributed by atoms with van der Waals surface area (Å²) in [6.45, 7) is 5.17. The van der Waals surface area contributed by atoms with Gasteiger partial charge in [0.15, 0.2) is 5.82 Å². The molecule has 2 unspecified atom stereocenters. The number of halogens is 1. The number of piperidine rings is 1. The maximum atomic E-state index is 6.15. The Bertz CT molecular complexity index is 618. The van der Waals surface area contributed by atoms with Crippen LogP contribution in [0.5, 0.6) is 0 Å². The zero-order valence-corrected chi connectivity index (χ0v) is 13.9. The molecule has 1 aromatic carbocycles. The molecule has 2 heterocycles. The number of hydrogen-bond acceptors (Lipinski definition) is 4. The highest BCUT2D eigenvalue weighted by atomic mass is 79.9. The molecular formula is C15H20BrN5. The van der Waals surface area contributed by atoms with E-state index < -0.39 is 0 Å². The number of anilines is 1. The molecule has 1 saturated heterocycles. The van der Waals surface area contributed by atoms with Crippen molar-refractivity contribution < 1.29 is 0 Å². The van der Waals surface area contributed by atoms with E-state index in [1.54, 1.807) is 0 Å². The second-order valence-corrected chi connectivity index (χ2v) is 6.66. The Morgan fingerprint density at radius 1 is 1.38 bits per heavy atom. The van der Waals surface area contributed by atoms with Crippen LogP contribution in [0.15, 0.2) is 22.7 Å². The van der Waals surface area contributed by atoms with Crippen LogP contribution in [0.4, 0.5) is 5.95 Å². The van der Waals surface area contributed by atoms with Crippen molar-refractivity contribution in [2.24, 2.45) is 5.73 Å². The number of nitrogens with zero attached hydrogens (tertiary/aromatic N) is 3. The summed E-state index contributed by atoms with van der Waals surface area (Å²) in [5.74, 6) is 1.53. The Balaban J connectivity index is 1.89. The van der Waals surface area contributed by atoms with Crippen LogP contribution in [0.2, 0.25) is 0 Å². The van der Waals surface area contributed by atoms with Gasteiger partial charge >= 0.3 is 0 Å². The van der Waals surface area contributed by atoms with Crippen LogP contribution in [0.1, 0.15) is 25.3 Å². The Morgan fingerprint density at radius 3 is 2.95 bits per heavy atom. The fraction of sp³-hybridized carbons (Fsp3) is 0.467. The van der Waals surface area contributed by atoms with E-state index in [9.17, 15) is 0 Å². The summed E-state index contributed by atoms with van der Waals surface area (Å²) in [6, 6.07) is 6.68. The number of benzene rings is 1. The minimum absolute atomic E-state index is 0.189. The molecule has 0 aliphatic carbocycles. The summed E-state index contributed by atoms with van der Waals surface area (Å²) in [4.78, 5) is 6.85. The summed E-state index contributed by atoms with van der Waals surface area (Å²) in [7, 11) is 0. The standard InChI is InChI=1S/C15H20BrN5/c1-9-6-11(8-12(16)7-9)14-18-15(20-19-14)21-5-3-4-13(17)10(21)2/h6-8,10,13H,3-5,17H2,1-2H3,(H,18,19,20). The first kappa shape index (κ1) is 14.5. The quantitative estimate of drug-likeness (QED) is 0.874. The third-order valence-electron chi connectivity index (χ3n) is 4.09. The lowest BCUT2D eigenvalue weighted by atomic mass is 9.99. The third kappa shape index (κ3) is 2.96. The first-order valence-corrected chi connectivity index (χ1v) is 8.06. The van der Waals surface area contributed by atoms with Gasteiger partial charge in [-0.25, -0.2) is 0 Å². The first-order valence-electron chi connectivity index (χ1n) is 7.27. The van der Waals surface area contributed by atoms with E-state index in [-0.39, 0.29) is 12.1 Å². The first-order chi connectivity index (χ1) is 10.0. The molecule has 3 N–H and O–H groups in total. The van der Waals surface area contributed by atoms with Crippen molar-refractivity contribution in [3.8, 4) is 11.4 Å². The molecule has 3 rings (SSSR count). The van der Waals surface area contributed by atoms with E-state index in [0.717, 1.165) is 41.2 Å². The summed E-state index contributed by atoms with van der Waals surface area (Å²) >= 11 is 3.52. The topological polar surface area (TPSA) is 70.8 Å². The molecule has 2 aromatic rings. The lowest BCUT2D eigenvalue weighted by Gasteiger charge is -2.36. The molecule has 1 aliphatic heterocycles. The lowest BCUT2D eigenvalue weighted by Crippen LogP contribution is -2.50. The van der Waals surface area contributed by atoms with Crippen LogP contribution in [-0.2, 0) is 0 Å². The van der Waals surface area contributed by atoms with E-state index in [1.807, 2.05) is 6.07 Å². The summed E-state index contributed by atoms with van der Waals surface area (Å²) in [5.41, 5.74) is 8.37. The zero-order chi connectivity index (χ0) is 15.0. The SMILES string of the molecule is Cc1cc(Br)cc(-c2nc(N3CCCC(N)C3C)n[nH]2)c1. The van der Waals surface area contributed by atoms with Crippen molar-refractivity contribution in [1.29, 1.82) is 0 Å². The largest absolute Gasteiger partial charge is 0.335 e. The number of aromatic amines is 1. The predicted molar refractivity (Wildman–Crippen MR) is 88.3 cm³/mol. The van der Waals surface area contributed by atoms with Crippen LogP contribution in [0, 0.1) is 6.92 Å². The number of hydrogen-bond donors (Lipinski definition) is 2. The second-order valence-electron chi connectivity index (χ2n) is 5.74. The molecule has 21 heavy (non-hydrogen) atoms. The monoisotopic (exact) mass is 349 g/mol. The van der Waals surface area contributed by atoms with Crippen LogP contribution in [0.3, 0.4) is 0 Å². The van der Waals surface area contributed by atoms with Crippen molar-refractivity contribution in [3.05, 3.63) is 28.2 Å². The van der Waals surface area contributed by atoms with Gasteiger partial charge in [0.25, 0.3) is 0 Å². The smallest absolute Gasteiger partial charge is 0.245 e. The highest BCUT2D eigenvalue weighted by molar-refractivity contribution is 9.10. The molecule has 2 atom stereocenters. The molecule has 112 valence electrons. The third-order valence-corrected chi connectivity index (χ3v) is 4.55. The van der Waals surface area contributed by atoms with Gasteiger partial charge in [-0.2, -0.15) is 4.98 Å². The van der Waals surface area contributed by atoms with E-state index in [0.29, 0.717) is 0 Å². The normalized spacial score (nSPS) is 22.6. The molecule has 6 heteroatoms. The highest BCUT2D eigenvalue weighted by Crippen LogP contribution is 2.26. The van der Waals surface area contributed by atoms with Crippen molar-refractivity contribution >= 4 is 21.9 Å². The van der Waals surface area contributed by atoms with E-state index in [4.69, 9.17) is 5.73 Å². The van der Waals surface area contributed by atoms with Crippen molar-refractivity contribution in [1.82, 2.24) is 15.2 Å². The van der Waals surface area contributed by atoms with E-state index in [1.165, 1.54) is 5.56 Å². The lowest BCUT2D eigenvalue weighted by molar-refractivity contribution is 0.416. The second kappa shape index (κ2) is 5.77. The summed E-state index contributed by atoms with van der Waals surface area (Å²) in [5, 5.41) is 7.42. The number of aromatic nitrogens is 3. The minimum atomic E-state index is 0.189. The van der Waals surface area contributed by atoms with E-state index in [2.05, 4.69) is 62.0 Å². The van der Waals surface area contributed by atoms with Gasteiger partial charge in [0, 0.05) is 28.7 Å². The summed E-state index contributed by atoms with van der Waals surface area (Å²) in [6.07, 6.45) is 2.16. The Kier molecular flexibility index (Phi) is 3.99. The molecule has 1 aromatic heterocycles. The Labute approximate surface area is 133 Å². The van der Waals surface area contributed by atoms with Crippen LogP contribution < -0.4 is 10.6 Å². The van der Waals surface area contributed by atoms with Gasteiger partial charge in [-0.1, -0.05) is 15.9 Å². The molecule has 1 fully saturated rings. The fourth-order valence-electron chi connectivity index (χ4n) is 2.84. The zero-order valence-electron chi connectivity index (χ0n) is 12.3. The van der Waals surface area contributed by atoms with E-state index >= 15 is 0 Å². The molecular weight excluding hydrogens is 330 g/mol. The number of H-pyrrole nitrogens is 1. The number of rotatable bonds is 2. The van der Waals surface area contributed by atoms with Gasteiger partial charge in [0.1, 0.15) is 0 Å². The molecule has 5 nitrogen and oxygen atoms in total. The van der Waals surface area contributed by atoms with Gasteiger partial charge in [-0.15, -0.1) is 5.10 Å². The molecule has 0 saturated carbocycles. The molecule has 0 radical (unpaired) electrons. The Morgan fingerprint density at radius 2 is 2.19 bits per heavy atom. The molecule has 0 amide bonds. The molecule has 1 aliphatic rings. The summed E-state index contributed by atoms with van der Waals surface area (Å²) < 4.78 is 1.05. The highest BCUT2D eigenvalue weighted by Gasteiger charge is 2.27. The molecule has 0 bridgehead atoms. The molecule has 0 spiro atoms. The average molecular weight is 350 g/mol. The maximum absolute atomic E-state index is 6.15. The van der Waals surface area contributed by atoms with Crippen molar-refractivity contribution in [2.75, 3.05) is 11.4 Å². The minimum Gasteiger partial charge on any atom is -0.335 e. The number of nitrogens with one attached hydrogen (secondary N) is 1. The van der Waals surface area contributed by atoms with Crippen LogP contribution in [-0.4, -0.2) is 33.8 Å². The van der Waals surface area contributed by atoms with Crippen LogP contribution >= 0.6 is 15.9 Å².